The van der Waals surface area contributed by atoms with Gasteiger partial charge in [0.05, 0.1) is 0 Å². The summed E-state index contributed by atoms with van der Waals surface area (Å²) in [5.74, 6) is 0.294. The largest absolute Gasteiger partial charge is 0.370 e. The predicted octanol–water partition coefficient (Wildman–Crippen LogP) is 1.95. The number of anilines is 2. The highest BCUT2D eigenvalue weighted by atomic mass is 15.3. The molecule has 0 spiro atoms. The molecule has 0 bridgehead atoms. The maximum absolute atomic E-state index is 5.58. The zero-order chi connectivity index (χ0) is 13.2. The Kier molecular flexibility index (Phi) is 2.79. The van der Waals surface area contributed by atoms with E-state index in [0.29, 0.717) is 5.95 Å². The van der Waals surface area contributed by atoms with E-state index in [9.17, 15) is 0 Å². The first-order chi connectivity index (χ1) is 9.22. The van der Waals surface area contributed by atoms with E-state index in [-0.39, 0.29) is 0 Å². The SMILES string of the molecule is CN(Cc1ccccc1)c1ccn2nc(N)nc2c1. The van der Waals surface area contributed by atoms with Gasteiger partial charge in [0.15, 0.2) is 5.65 Å². The summed E-state index contributed by atoms with van der Waals surface area (Å²) in [6.45, 7) is 0.848. The summed E-state index contributed by atoms with van der Waals surface area (Å²) in [4.78, 5) is 6.33. The maximum atomic E-state index is 5.58. The average molecular weight is 253 g/mol. The molecule has 0 atom stereocenters. The number of nitrogens with two attached hydrogens (primary N) is 1. The van der Waals surface area contributed by atoms with Gasteiger partial charge in [-0.15, -0.1) is 5.10 Å². The zero-order valence-corrected chi connectivity index (χ0v) is 10.7. The van der Waals surface area contributed by atoms with Crippen LogP contribution in [-0.2, 0) is 6.54 Å². The minimum absolute atomic E-state index is 0.294. The molecule has 3 rings (SSSR count). The summed E-state index contributed by atoms with van der Waals surface area (Å²) in [5.41, 5.74) is 8.70. The van der Waals surface area contributed by atoms with Crippen molar-refractivity contribution in [2.75, 3.05) is 17.7 Å². The van der Waals surface area contributed by atoms with Crippen LogP contribution in [-0.4, -0.2) is 21.6 Å². The molecule has 0 unspecified atom stereocenters. The summed E-state index contributed by atoms with van der Waals surface area (Å²) in [7, 11) is 2.05. The molecule has 0 amide bonds. The summed E-state index contributed by atoms with van der Waals surface area (Å²) in [5, 5.41) is 4.06. The molecule has 2 heterocycles. The summed E-state index contributed by atoms with van der Waals surface area (Å²) in [6.07, 6.45) is 1.87. The van der Waals surface area contributed by atoms with Gasteiger partial charge in [0.1, 0.15) is 0 Å². The first kappa shape index (κ1) is 11.5. The first-order valence-electron chi connectivity index (χ1n) is 6.09. The third-order valence-electron chi connectivity index (χ3n) is 3.04. The number of benzene rings is 1. The molecule has 19 heavy (non-hydrogen) atoms. The highest BCUT2D eigenvalue weighted by Gasteiger charge is 2.05. The van der Waals surface area contributed by atoms with E-state index in [0.717, 1.165) is 17.9 Å². The second kappa shape index (κ2) is 4.61. The van der Waals surface area contributed by atoms with Crippen molar-refractivity contribution in [1.82, 2.24) is 14.6 Å². The van der Waals surface area contributed by atoms with Crippen molar-refractivity contribution in [3.63, 3.8) is 0 Å². The van der Waals surface area contributed by atoms with Gasteiger partial charge in [-0.1, -0.05) is 30.3 Å². The van der Waals surface area contributed by atoms with Crippen molar-refractivity contribution in [2.24, 2.45) is 0 Å². The number of rotatable bonds is 3. The molecule has 0 saturated heterocycles. The van der Waals surface area contributed by atoms with Crippen LogP contribution in [0, 0.1) is 0 Å². The normalized spacial score (nSPS) is 10.8. The Morgan fingerprint density at radius 2 is 2.00 bits per heavy atom. The number of hydrogen-bond donors (Lipinski definition) is 1. The number of nitrogen functional groups attached to an aromatic ring is 1. The summed E-state index contributed by atoms with van der Waals surface area (Å²) < 4.78 is 1.68. The number of pyridine rings is 1. The third kappa shape index (κ3) is 2.35. The molecule has 2 N–H and O–H groups in total. The fraction of sp³-hybridized carbons (Fsp3) is 0.143. The van der Waals surface area contributed by atoms with Crippen molar-refractivity contribution in [3.05, 3.63) is 54.2 Å². The molecule has 2 aromatic heterocycles. The highest BCUT2D eigenvalue weighted by molar-refractivity contribution is 5.56. The molecule has 0 fully saturated rings. The number of hydrogen-bond acceptors (Lipinski definition) is 4. The lowest BCUT2D eigenvalue weighted by atomic mass is 10.2. The monoisotopic (exact) mass is 253 g/mol. The molecule has 0 aliphatic carbocycles. The third-order valence-corrected chi connectivity index (χ3v) is 3.04. The molecule has 3 aromatic rings. The van der Waals surface area contributed by atoms with Crippen molar-refractivity contribution in [2.45, 2.75) is 6.54 Å². The van der Waals surface area contributed by atoms with E-state index in [1.54, 1.807) is 4.52 Å². The Morgan fingerprint density at radius 3 is 2.79 bits per heavy atom. The Hall–Kier alpha value is -2.56. The Balaban J connectivity index is 1.86. The number of aromatic nitrogens is 3. The van der Waals surface area contributed by atoms with E-state index in [1.165, 1.54) is 5.56 Å². The summed E-state index contributed by atoms with van der Waals surface area (Å²) >= 11 is 0. The van der Waals surface area contributed by atoms with Gasteiger partial charge in [0, 0.05) is 31.5 Å². The van der Waals surface area contributed by atoms with E-state index < -0.39 is 0 Å². The minimum Gasteiger partial charge on any atom is -0.370 e. The minimum atomic E-state index is 0.294. The van der Waals surface area contributed by atoms with Crippen molar-refractivity contribution >= 4 is 17.3 Å². The topological polar surface area (TPSA) is 59.5 Å². The second-order valence-corrected chi connectivity index (χ2v) is 4.50. The van der Waals surface area contributed by atoms with E-state index in [2.05, 4.69) is 34.2 Å². The van der Waals surface area contributed by atoms with Crippen LogP contribution < -0.4 is 10.6 Å². The van der Waals surface area contributed by atoms with Crippen LogP contribution in [0.15, 0.2) is 48.7 Å². The molecule has 0 radical (unpaired) electrons. The van der Waals surface area contributed by atoms with Crippen LogP contribution in [0.3, 0.4) is 0 Å². The van der Waals surface area contributed by atoms with E-state index >= 15 is 0 Å². The summed E-state index contributed by atoms with van der Waals surface area (Å²) in [6, 6.07) is 14.3. The molecule has 0 saturated carbocycles. The first-order valence-corrected chi connectivity index (χ1v) is 6.09. The van der Waals surface area contributed by atoms with Crippen LogP contribution >= 0.6 is 0 Å². The Morgan fingerprint density at radius 1 is 1.21 bits per heavy atom. The van der Waals surface area contributed by atoms with Gasteiger partial charge in [-0.2, -0.15) is 4.98 Å². The van der Waals surface area contributed by atoms with Crippen molar-refractivity contribution in [1.29, 1.82) is 0 Å². The molecule has 1 aromatic carbocycles. The van der Waals surface area contributed by atoms with E-state index in [1.807, 2.05) is 36.5 Å². The van der Waals surface area contributed by atoms with Gasteiger partial charge < -0.3 is 10.6 Å². The molecule has 5 nitrogen and oxygen atoms in total. The molecule has 0 aliphatic rings. The number of nitrogens with zero attached hydrogens (tertiary/aromatic N) is 4. The maximum Gasteiger partial charge on any atom is 0.240 e. The molecular formula is C14H15N5. The molecular weight excluding hydrogens is 238 g/mol. The van der Waals surface area contributed by atoms with Crippen molar-refractivity contribution < 1.29 is 0 Å². The van der Waals surface area contributed by atoms with Crippen LogP contribution in [0.4, 0.5) is 11.6 Å². The van der Waals surface area contributed by atoms with Gasteiger partial charge in [-0.3, -0.25) is 0 Å². The highest BCUT2D eigenvalue weighted by Crippen LogP contribution is 2.17. The number of fused-ring (bicyclic) bond motifs is 1. The van der Waals surface area contributed by atoms with Gasteiger partial charge >= 0.3 is 0 Å². The van der Waals surface area contributed by atoms with Crippen LogP contribution in [0.5, 0.6) is 0 Å². The lowest BCUT2D eigenvalue weighted by Gasteiger charge is -2.19. The van der Waals surface area contributed by atoms with Gasteiger partial charge in [0.2, 0.25) is 5.95 Å². The molecule has 5 heteroatoms. The predicted molar refractivity (Wildman–Crippen MR) is 75.9 cm³/mol. The van der Waals surface area contributed by atoms with Crippen LogP contribution in [0.2, 0.25) is 0 Å². The quantitative estimate of drug-likeness (QED) is 0.775. The van der Waals surface area contributed by atoms with Gasteiger partial charge in [0.25, 0.3) is 0 Å². The zero-order valence-electron chi connectivity index (χ0n) is 10.7. The smallest absolute Gasteiger partial charge is 0.240 e. The lowest BCUT2D eigenvalue weighted by molar-refractivity contribution is 0.910. The Labute approximate surface area is 111 Å². The second-order valence-electron chi connectivity index (χ2n) is 4.50. The Bertz CT molecular complexity index is 689. The standard InChI is InChI=1S/C14H15N5/c1-18(10-11-5-3-2-4-6-11)12-7-8-19-13(9-12)16-14(15)17-19/h2-9H,10H2,1H3,(H2,15,17). The molecule has 96 valence electrons. The molecule has 0 aliphatic heterocycles. The fourth-order valence-corrected chi connectivity index (χ4v) is 2.07. The van der Waals surface area contributed by atoms with Crippen molar-refractivity contribution in [3.8, 4) is 0 Å². The van der Waals surface area contributed by atoms with Crippen LogP contribution in [0.25, 0.3) is 5.65 Å². The average Bonchev–Trinajstić information content (AvgIpc) is 2.78. The fourth-order valence-electron chi connectivity index (χ4n) is 2.07. The van der Waals surface area contributed by atoms with E-state index in [4.69, 9.17) is 5.73 Å². The van der Waals surface area contributed by atoms with Crippen LogP contribution in [0.1, 0.15) is 5.56 Å². The lowest BCUT2D eigenvalue weighted by Crippen LogP contribution is -2.16. The van der Waals surface area contributed by atoms with Gasteiger partial charge in [-0.05, 0) is 11.6 Å². The van der Waals surface area contributed by atoms with Gasteiger partial charge in [-0.25, -0.2) is 4.52 Å².